The van der Waals surface area contributed by atoms with Crippen LogP contribution in [-0.4, -0.2) is 32.2 Å². The van der Waals surface area contributed by atoms with Crippen molar-refractivity contribution in [1.82, 2.24) is 5.32 Å². The van der Waals surface area contributed by atoms with Crippen LogP contribution in [0.15, 0.2) is 48.5 Å². The molecule has 1 fully saturated rings. The number of nitrogens with one attached hydrogen (secondary N) is 1. The molecule has 2 aromatic rings. The van der Waals surface area contributed by atoms with Gasteiger partial charge in [-0.25, -0.2) is 0 Å². The zero-order valence-electron chi connectivity index (χ0n) is 17.9. The van der Waals surface area contributed by atoms with Crippen molar-refractivity contribution in [2.75, 3.05) is 25.1 Å². The quantitative estimate of drug-likeness (QED) is 0.744. The number of amides is 1. The summed E-state index contributed by atoms with van der Waals surface area (Å²) in [5.74, 6) is 2.00. The number of carbonyl (C=O) groups excluding carboxylic acids is 1. The summed E-state index contributed by atoms with van der Waals surface area (Å²) in [4.78, 5) is 15.0. The third kappa shape index (κ3) is 5.66. The molecule has 1 aliphatic rings. The summed E-state index contributed by atoms with van der Waals surface area (Å²) in [7, 11) is 1.62. The Bertz CT molecular complexity index is 789. The van der Waals surface area contributed by atoms with Crippen molar-refractivity contribution in [2.45, 2.75) is 45.8 Å². The fraction of sp³-hybridized carbons (Fsp3) is 0.458. The minimum absolute atomic E-state index is 0.0845. The number of nitrogens with zero attached hydrogens (tertiary/aromatic N) is 1. The third-order valence-electron chi connectivity index (χ3n) is 5.52. The van der Waals surface area contributed by atoms with Gasteiger partial charge in [-0.2, -0.15) is 0 Å². The molecule has 29 heavy (non-hydrogen) atoms. The van der Waals surface area contributed by atoms with E-state index in [1.807, 2.05) is 19.1 Å². The minimum atomic E-state index is -0.583. The summed E-state index contributed by atoms with van der Waals surface area (Å²) in [6.07, 6.45) is 1.98. The molecule has 1 amide bonds. The molecule has 0 unspecified atom stereocenters. The van der Waals surface area contributed by atoms with Crippen molar-refractivity contribution in [2.24, 2.45) is 5.92 Å². The molecular formula is C24H32N2O3. The highest BCUT2D eigenvalue weighted by Crippen LogP contribution is 2.25. The minimum Gasteiger partial charge on any atom is -0.497 e. The van der Waals surface area contributed by atoms with E-state index in [9.17, 15) is 4.79 Å². The maximum absolute atomic E-state index is 12.5. The topological polar surface area (TPSA) is 50.8 Å². The number of ether oxygens (including phenoxy) is 2. The van der Waals surface area contributed by atoms with Crippen LogP contribution in [0.25, 0.3) is 0 Å². The standard InChI is InChI=1S/C24H32N2O3/c1-17-6-5-15-26(16-17)21-9-7-20(8-10-21)18(2)25-24(27)19(3)29-23-13-11-22(28-4)12-14-23/h7-14,17-19H,5-6,15-16H2,1-4H3,(H,25,27)/t17-,18-,19-/m1/s1. The molecule has 2 aromatic carbocycles. The highest BCUT2D eigenvalue weighted by molar-refractivity contribution is 5.81. The van der Waals surface area contributed by atoms with Gasteiger partial charge in [0.2, 0.25) is 0 Å². The molecule has 1 aliphatic heterocycles. The molecule has 156 valence electrons. The molecule has 0 radical (unpaired) electrons. The molecule has 5 nitrogen and oxygen atoms in total. The Morgan fingerprint density at radius 2 is 1.72 bits per heavy atom. The van der Waals surface area contributed by atoms with Crippen molar-refractivity contribution in [3.05, 3.63) is 54.1 Å². The lowest BCUT2D eigenvalue weighted by atomic mass is 9.99. The van der Waals surface area contributed by atoms with Crippen molar-refractivity contribution < 1.29 is 14.3 Å². The van der Waals surface area contributed by atoms with Crippen LogP contribution in [0.4, 0.5) is 5.69 Å². The second-order valence-corrected chi connectivity index (χ2v) is 7.95. The molecule has 5 heteroatoms. The van der Waals surface area contributed by atoms with Gasteiger partial charge in [-0.05, 0) is 74.6 Å². The lowest BCUT2D eigenvalue weighted by Crippen LogP contribution is -2.37. The van der Waals surface area contributed by atoms with Gasteiger partial charge in [0.15, 0.2) is 6.10 Å². The number of methoxy groups -OCH3 is 1. The first-order valence-corrected chi connectivity index (χ1v) is 10.4. The van der Waals surface area contributed by atoms with Crippen LogP contribution < -0.4 is 19.7 Å². The van der Waals surface area contributed by atoms with Crippen molar-refractivity contribution in [3.8, 4) is 11.5 Å². The van der Waals surface area contributed by atoms with Gasteiger partial charge in [-0.1, -0.05) is 19.1 Å². The Hall–Kier alpha value is -2.69. The molecule has 0 aromatic heterocycles. The molecule has 3 rings (SSSR count). The van der Waals surface area contributed by atoms with Gasteiger partial charge in [0.05, 0.1) is 13.2 Å². The van der Waals surface area contributed by atoms with Gasteiger partial charge in [-0.3, -0.25) is 4.79 Å². The third-order valence-corrected chi connectivity index (χ3v) is 5.52. The summed E-state index contributed by atoms with van der Waals surface area (Å²) in [6, 6.07) is 15.7. The SMILES string of the molecule is COc1ccc(O[C@H](C)C(=O)N[C@H](C)c2ccc(N3CCC[C@@H](C)C3)cc2)cc1. The van der Waals surface area contributed by atoms with Gasteiger partial charge in [0, 0.05) is 18.8 Å². The molecule has 1 saturated heterocycles. The van der Waals surface area contributed by atoms with E-state index in [0.29, 0.717) is 5.75 Å². The highest BCUT2D eigenvalue weighted by Gasteiger charge is 2.19. The normalized spacial score (nSPS) is 18.6. The Balaban J connectivity index is 1.54. The molecular weight excluding hydrogens is 364 g/mol. The largest absolute Gasteiger partial charge is 0.497 e. The van der Waals surface area contributed by atoms with Gasteiger partial charge in [-0.15, -0.1) is 0 Å². The Labute approximate surface area is 174 Å². The van der Waals surface area contributed by atoms with Crippen LogP contribution in [0.3, 0.4) is 0 Å². The number of anilines is 1. The van der Waals surface area contributed by atoms with Crippen LogP contribution >= 0.6 is 0 Å². The molecule has 0 spiro atoms. The summed E-state index contributed by atoms with van der Waals surface area (Å²) in [6.45, 7) is 8.30. The molecule has 1 N–H and O–H groups in total. The van der Waals surface area contributed by atoms with E-state index in [-0.39, 0.29) is 11.9 Å². The number of hydrogen-bond donors (Lipinski definition) is 1. The Morgan fingerprint density at radius 3 is 2.34 bits per heavy atom. The molecule has 1 heterocycles. The number of hydrogen-bond acceptors (Lipinski definition) is 4. The van der Waals surface area contributed by atoms with Crippen LogP contribution in [0.5, 0.6) is 11.5 Å². The Morgan fingerprint density at radius 1 is 1.07 bits per heavy atom. The lowest BCUT2D eigenvalue weighted by Gasteiger charge is -2.33. The first kappa shape index (κ1) is 21.0. The van der Waals surface area contributed by atoms with Crippen LogP contribution in [0, 0.1) is 5.92 Å². The maximum atomic E-state index is 12.5. The fourth-order valence-corrected chi connectivity index (χ4v) is 3.72. The predicted octanol–water partition coefficient (Wildman–Crippen LogP) is 4.58. The van der Waals surface area contributed by atoms with Gasteiger partial charge in [0.1, 0.15) is 11.5 Å². The predicted molar refractivity (Wildman–Crippen MR) is 117 cm³/mol. The number of piperidine rings is 1. The average Bonchev–Trinajstić information content (AvgIpc) is 2.74. The number of carbonyl (C=O) groups is 1. The van der Waals surface area contributed by atoms with Crippen molar-refractivity contribution in [3.63, 3.8) is 0 Å². The highest BCUT2D eigenvalue weighted by atomic mass is 16.5. The maximum Gasteiger partial charge on any atom is 0.261 e. The summed E-state index contributed by atoms with van der Waals surface area (Å²) < 4.78 is 10.9. The van der Waals surface area contributed by atoms with E-state index in [1.54, 1.807) is 26.2 Å². The van der Waals surface area contributed by atoms with Crippen LogP contribution in [-0.2, 0) is 4.79 Å². The van der Waals surface area contributed by atoms with Crippen molar-refractivity contribution >= 4 is 11.6 Å². The lowest BCUT2D eigenvalue weighted by molar-refractivity contribution is -0.127. The second-order valence-electron chi connectivity index (χ2n) is 7.95. The van der Waals surface area contributed by atoms with Gasteiger partial charge < -0.3 is 19.7 Å². The summed E-state index contributed by atoms with van der Waals surface area (Å²) >= 11 is 0. The van der Waals surface area contributed by atoms with Crippen molar-refractivity contribution in [1.29, 1.82) is 0 Å². The molecule has 3 atom stereocenters. The van der Waals surface area contributed by atoms with E-state index in [4.69, 9.17) is 9.47 Å². The zero-order valence-corrected chi connectivity index (χ0v) is 17.9. The van der Waals surface area contributed by atoms with Crippen LogP contribution in [0.2, 0.25) is 0 Å². The van der Waals surface area contributed by atoms with E-state index < -0.39 is 6.10 Å². The van der Waals surface area contributed by atoms with Crippen LogP contribution in [0.1, 0.15) is 45.2 Å². The summed E-state index contributed by atoms with van der Waals surface area (Å²) in [5, 5.41) is 3.04. The van der Waals surface area contributed by atoms with Gasteiger partial charge >= 0.3 is 0 Å². The number of rotatable bonds is 7. The smallest absolute Gasteiger partial charge is 0.261 e. The van der Waals surface area contributed by atoms with Gasteiger partial charge in [0.25, 0.3) is 5.91 Å². The number of benzene rings is 2. The fourth-order valence-electron chi connectivity index (χ4n) is 3.72. The van der Waals surface area contributed by atoms with E-state index in [0.717, 1.165) is 30.3 Å². The Kier molecular flexibility index (Phi) is 7.02. The first-order chi connectivity index (χ1) is 14.0. The molecule has 0 bridgehead atoms. The molecule has 0 saturated carbocycles. The second kappa shape index (κ2) is 9.68. The monoisotopic (exact) mass is 396 g/mol. The zero-order chi connectivity index (χ0) is 20.8. The van der Waals surface area contributed by atoms with E-state index >= 15 is 0 Å². The molecule has 0 aliphatic carbocycles. The van der Waals surface area contributed by atoms with E-state index in [1.165, 1.54) is 18.5 Å². The summed E-state index contributed by atoms with van der Waals surface area (Å²) in [5.41, 5.74) is 2.35. The van der Waals surface area contributed by atoms with E-state index in [2.05, 4.69) is 41.4 Å². The first-order valence-electron chi connectivity index (χ1n) is 10.4. The average molecular weight is 397 g/mol.